The van der Waals surface area contributed by atoms with Gasteiger partial charge in [-0.25, -0.2) is 4.98 Å². The molecule has 30 heavy (non-hydrogen) atoms. The highest BCUT2D eigenvalue weighted by molar-refractivity contribution is 7.09. The first-order valence-electron chi connectivity index (χ1n) is 9.16. The quantitative estimate of drug-likeness (QED) is 0.421. The van der Waals surface area contributed by atoms with E-state index >= 15 is 0 Å². The lowest BCUT2D eigenvalue weighted by molar-refractivity contribution is -0.140. The van der Waals surface area contributed by atoms with Crippen LogP contribution in [0.4, 0.5) is 13.2 Å². The van der Waals surface area contributed by atoms with Crippen LogP contribution >= 0.6 is 11.3 Å². The summed E-state index contributed by atoms with van der Waals surface area (Å²) in [7, 11) is 1.60. The van der Waals surface area contributed by atoms with Crippen molar-refractivity contribution < 1.29 is 17.9 Å². The fourth-order valence-electron chi connectivity index (χ4n) is 2.60. The number of aromatic nitrogens is 1. The fourth-order valence-corrected chi connectivity index (χ4v) is 3.34. The Bertz CT molecular complexity index is 974. The lowest BCUT2D eigenvalue weighted by Gasteiger charge is -2.12. The maximum atomic E-state index is 12.6. The SMILES string of the molecule is CN=C(NCc1cccc(COc2ccccc2)c1)NCc1nc(C(F)(F)F)cs1. The van der Waals surface area contributed by atoms with Crippen molar-refractivity contribution in [2.75, 3.05) is 7.05 Å². The van der Waals surface area contributed by atoms with Crippen LogP contribution in [0.5, 0.6) is 5.75 Å². The van der Waals surface area contributed by atoms with Gasteiger partial charge in [0.2, 0.25) is 0 Å². The second kappa shape index (κ2) is 10.1. The highest BCUT2D eigenvalue weighted by atomic mass is 32.1. The van der Waals surface area contributed by atoms with Crippen molar-refractivity contribution >= 4 is 17.3 Å². The van der Waals surface area contributed by atoms with Gasteiger partial charge in [0.15, 0.2) is 11.7 Å². The lowest BCUT2D eigenvalue weighted by Crippen LogP contribution is -2.36. The van der Waals surface area contributed by atoms with Crippen molar-refractivity contribution in [2.24, 2.45) is 4.99 Å². The molecule has 1 aromatic heterocycles. The van der Waals surface area contributed by atoms with Gasteiger partial charge in [-0.2, -0.15) is 13.2 Å². The molecule has 9 heteroatoms. The first-order valence-corrected chi connectivity index (χ1v) is 10.0. The number of halogens is 3. The summed E-state index contributed by atoms with van der Waals surface area (Å²) in [5, 5.41) is 7.47. The monoisotopic (exact) mass is 434 g/mol. The Kier molecular flexibility index (Phi) is 7.29. The minimum atomic E-state index is -4.43. The largest absolute Gasteiger partial charge is 0.489 e. The van der Waals surface area contributed by atoms with Crippen LogP contribution in [0, 0.1) is 0 Å². The van der Waals surface area contributed by atoms with E-state index in [9.17, 15) is 13.2 Å². The third kappa shape index (κ3) is 6.48. The Labute approximate surface area is 176 Å². The van der Waals surface area contributed by atoms with Gasteiger partial charge in [0, 0.05) is 19.0 Å². The summed E-state index contributed by atoms with van der Waals surface area (Å²) < 4.78 is 43.7. The number of alkyl halides is 3. The number of aliphatic imine (C=N–C) groups is 1. The van der Waals surface area contributed by atoms with Crippen molar-refractivity contribution in [3.05, 3.63) is 81.8 Å². The van der Waals surface area contributed by atoms with Gasteiger partial charge in [0.05, 0.1) is 6.54 Å². The molecule has 0 aliphatic rings. The lowest BCUT2D eigenvalue weighted by atomic mass is 10.1. The molecule has 0 unspecified atom stereocenters. The van der Waals surface area contributed by atoms with Gasteiger partial charge < -0.3 is 15.4 Å². The molecule has 0 fully saturated rings. The Morgan fingerprint density at radius 2 is 1.77 bits per heavy atom. The summed E-state index contributed by atoms with van der Waals surface area (Å²) in [5.41, 5.74) is 1.19. The normalized spacial score (nSPS) is 11.9. The number of nitrogens with zero attached hydrogens (tertiary/aromatic N) is 2. The van der Waals surface area contributed by atoms with Gasteiger partial charge >= 0.3 is 6.18 Å². The third-order valence-corrected chi connectivity index (χ3v) is 4.92. The highest BCUT2D eigenvalue weighted by Crippen LogP contribution is 2.29. The molecule has 0 spiro atoms. The average molecular weight is 434 g/mol. The van der Waals surface area contributed by atoms with Crippen molar-refractivity contribution in [3.8, 4) is 5.75 Å². The first kappa shape index (κ1) is 21.6. The molecular formula is C21H21F3N4OS. The maximum absolute atomic E-state index is 12.6. The van der Waals surface area contributed by atoms with Crippen LogP contribution in [0.3, 0.4) is 0 Å². The zero-order valence-electron chi connectivity index (χ0n) is 16.2. The molecule has 3 aromatic rings. The number of benzene rings is 2. The number of hydrogen-bond donors (Lipinski definition) is 2. The summed E-state index contributed by atoms with van der Waals surface area (Å²) in [6, 6.07) is 17.5. The molecule has 158 valence electrons. The van der Waals surface area contributed by atoms with E-state index in [-0.39, 0.29) is 6.54 Å². The molecule has 3 rings (SSSR count). The van der Waals surface area contributed by atoms with Gasteiger partial charge in [-0.3, -0.25) is 4.99 Å². The predicted octanol–water partition coefficient (Wildman–Crippen LogP) is 4.61. The minimum absolute atomic E-state index is 0.158. The highest BCUT2D eigenvalue weighted by Gasteiger charge is 2.33. The van der Waals surface area contributed by atoms with E-state index in [0.717, 1.165) is 33.6 Å². The van der Waals surface area contributed by atoms with Crippen LogP contribution in [0.15, 0.2) is 65.0 Å². The second-order valence-electron chi connectivity index (χ2n) is 6.33. The molecule has 0 saturated carbocycles. The molecule has 1 heterocycles. The van der Waals surface area contributed by atoms with E-state index in [0.29, 0.717) is 24.1 Å². The van der Waals surface area contributed by atoms with E-state index in [1.165, 1.54) is 0 Å². The van der Waals surface area contributed by atoms with Crippen molar-refractivity contribution in [1.82, 2.24) is 15.6 Å². The summed E-state index contributed by atoms with van der Waals surface area (Å²) in [6.45, 7) is 1.12. The average Bonchev–Trinajstić information content (AvgIpc) is 3.23. The number of hydrogen-bond acceptors (Lipinski definition) is 4. The molecule has 0 amide bonds. The Morgan fingerprint density at radius 1 is 1.03 bits per heavy atom. The number of thiazole rings is 1. The number of para-hydroxylation sites is 1. The smallest absolute Gasteiger partial charge is 0.434 e. The topological polar surface area (TPSA) is 58.5 Å². The Morgan fingerprint density at radius 3 is 2.47 bits per heavy atom. The number of ether oxygens (including phenoxy) is 1. The molecular weight excluding hydrogens is 413 g/mol. The predicted molar refractivity (Wildman–Crippen MR) is 111 cm³/mol. The van der Waals surface area contributed by atoms with Gasteiger partial charge in [-0.05, 0) is 23.3 Å². The van der Waals surface area contributed by atoms with Gasteiger partial charge in [-0.15, -0.1) is 11.3 Å². The summed E-state index contributed by atoms with van der Waals surface area (Å²) in [6.07, 6.45) is -4.43. The van der Waals surface area contributed by atoms with E-state index in [4.69, 9.17) is 4.74 Å². The van der Waals surface area contributed by atoms with Gasteiger partial charge in [0.25, 0.3) is 0 Å². The Balaban J connectivity index is 1.49. The summed E-state index contributed by atoms with van der Waals surface area (Å²) in [5.74, 6) is 1.28. The summed E-state index contributed by atoms with van der Waals surface area (Å²) in [4.78, 5) is 7.69. The molecule has 0 radical (unpaired) electrons. The van der Waals surface area contributed by atoms with E-state index < -0.39 is 11.9 Å². The fraction of sp³-hybridized carbons (Fsp3) is 0.238. The molecule has 0 aliphatic carbocycles. The Hall–Kier alpha value is -3.07. The van der Waals surface area contributed by atoms with Crippen molar-refractivity contribution in [3.63, 3.8) is 0 Å². The van der Waals surface area contributed by atoms with Crippen molar-refractivity contribution in [2.45, 2.75) is 25.9 Å². The first-order chi connectivity index (χ1) is 14.4. The zero-order chi connectivity index (χ0) is 21.4. The molecule has 0 bridgehead atoms. The van der Waals surface area contributed by atoms with Gasteiger partial charge in [0.1, 0.15) is 17.4 Å². The zero-order valence-corrected chi connectivity index (χ0v) is 17.1. The second-order valence-corrected chi connectivity index (χ2v) is 7.27. The number of rotatable bonds is 7. The van der Waals surface area contributed by atoms with Crippen LogP contribution in [-0.4, -0.2) is 18.0 Å². The van der Waals surface area contributed by atoms with Crippen LogP contribution in [0.2, 0.25) is 0 Å². The standard InChI is InChI=1S/C21H21F3N4OS/c1-25-20(27-12-19-28-18(14-30-19)21(22,23)24)26-11-15-6-5-7-16(10-15)13-29-17-8-3-2-4-9-17/h2-10,14H,11-13H2,1H3,(H2,25,26,27). The molecule has 2 N–H and O–H groups in total. The molecule has 5 nitrogen and oxygen atoms in total. The van der Waals surface area contributed by atoms with E-state index in [2.05, 4.69) is 20.6 Å². The van der Waals surface area contributed by atoms with Crippen LogP contribution < -0.4 is 15.4 Å². The van der Waals surface area contributed by atoms with Crippen molar-refractivity contribution in [1.29, 1.82) is 0 Å². The number of guanidine groups is 1. The van der Waals surface area contributed by atoms with Gasteiger partial charge in [-0.1, -0.05) is 42.5 Å². The third-order valence-electron chi connectivity index (χ3n) is 4.07. The minimum Gasteiger partial charge on any atom is -0.489 e. The summed E-state index contributed by atoms with van der Waals surface area (Å²) >= 11 is 0.959. The van der Waals surface area contributed by atoms with Crippen LogP contribution in [-0.2, 0) is 25.9 Å². The van der Waals surface area contributed by atoms with E-state index in [1.807, 2.05) is 54.6 Å². The molecule has 0 atom stereocenters. The van der Waals surface area contributed by atoms with Crippen LogP contribution in [0.1, 0.15) is 21.8 Å². The molecule has 2 aromatic carbocycles. The molecule has 0 aliphatic heterocycles. The molecule has 0 saturated heterocycles. The van der Waals surface area contributed by atoms with Crippen LogP contribution in [0.25, 0.3) is 0 Å². The van der Waals surface area contributed by atoms with E-state index in [1.54, 1.807) is 7.05 Å². The number of nitrogens with one attached hydrogen (secondary N) is 2. The maximum Gasteiger partial charge on any atom is 0.434 e.